The van der Waals surface area contributed by atoms with E-state index in [0.29, 0.717) is 6.10 Å². The summed E-state index contributed by atoms with van der Waals surface area (Å²) in [5, 5.41) is 3.38. The van der Waals surface area contributed by atoms with E-state index >= 15 is 0 Å². The van der Waals surface area contributed by atoms with E-state index < -0.39 is 0 Å². The van der Waals surface area contributed by atoms with Crippen molar-refractivity contribution >= 4 is 5.69 Å². The molecule has 2 nitrogen and oxygen atoms in total. The summed E-state index contributed by atoms with van der Waals surface area (Å²) >= 11 is 0. The standard InChI is InChI=1S/C11H15NO/c1-8-3-4-9-6-10(13-2)7-12-11(9)5-8/h3-5,10,12H,6-7H2,1-2H3. The molecule has 1 aliphatic heterocycles. The number of fused-ring (bicyclic) bond motifs is 1. The van der Waals surface area contributed by atoms with E-state index in [0.717, 1.165) is 13.0 Å². The van der Waals surface area contributed by atoms with Crippen LogP contribution in [0.3, 0.4) is 0 Å². The molecule has 2 heteroatoms. The molecule has 1 N–H and O–H groups in total. The summed E-state index contributed by atoms with van der Waals surface area (Å²) in [6.07, 6.45) is 1.36. The molecule has 70 valence electrons. The first-order valence-electron chi connectivity index (χ1n) is 4.66. The number of hydrogen-bond donors (Lipinski definition) is 1. The van der Waals surface area contributed by atoms with Crippen molar-refractivity contribution in [1.29, 1.82) is 0 Å². The lowest BCUT2D eigenvalue weighted by atomic mass is 10.00. The lowest BCUT2D eigenvalue weighted by Gasteiger charge is -2.25. The Labute approximate surface area is 78.9 Å². The summed E-state index contributed by atoms with van der Waals surface area (Å²) in [4.78, 5) is 0. The molecule has 2 rings (SSSR count). The highest BCUT2D eigenvalue weighted by Crippen LogP contribution is 2.23. The Hall–Kier alpha value is -1.02. The molecule has 0 radical (unpaired) electrons. The zero-order chi connectivity index (χ0) is 9.26. The predicted octanol–water partition coefficient (Wildman–Crippen LogP) is 1.98. The summed E-state index contributed by atoms with van der Waals surface area (Å²) in [6, 6.07) is 6.53. The highest BCUT2D eigenvalue weighted by molar-refractivity contribution is 5.55. The van der Waals surface area contributed by atoms with Crippen LogP contribution in [0.15, 0.2) is 18.2 Å². The number of aryl methyl sites for hydroxylation is 1. The summed E-state index contributed by atoms with van der Waals surface area (Å²) < 4.78 is 5.32. The number of benzene rings is 1. The molecule has 0 bridgehead atoms. The molecule has 1 heterocycles. The van der Waals surface area contributed by atoms with E-state index in [1.54, 1.807) is 7.11 Å². The lowest BCUT2D eigenvalue weighted by molar-refractivity contribution is 0.111. The van der Waals surface area contributed by atoms with Crippen LogP contribution in [0.25, 0.3) is 0 Å². The average Bonchev–Trinajstić information content (AvgIpc) is 2.17. The third-order valence-corrected chi connectivity index (χ3v) is 2.57. The quantitative estimate of drug-likeness (QED) is 0.708. The number of hydrogen-bond acceptors (Lipinski definition) is 2. The topological polar surface area (TPSA) is 21.3 Å². The molecule has 1 aliphatic rings. The monoisotopic (exact) mass is 177 g/mol. The Morgan fingerprint density at radius 3 is 3.08 bits per heavy atom. The zero-order valence-electron chi connectivity index (χ0n) is 8.13. The van der Waals surface area contributed by atoms with Crippen molar-refractivity contribution in [1.82, 2.24) is 0 Å². The molecule has 0 spiro atoms. The van der Waals surface area contributed by atoms with E-state index in [4.69, 9.17) is 4.74 Å². The number of rotatable bonds is 1. The van der Waals surface area contributed by atoms with Crippen LogP contribution in [0.4, 0.5) is 5.69 Å². The van der Waals surface area contributed by atoms with Gasteiger partial charge in [-0.15, -0.1) is 0 Å². The van der Waals surface area contributed by atoms with E-state index in [9.17, 15) is 0 Å². The smallest absolute Gasteiger partial charge is 0.0784 e. The van der Waals surface area contributed by atoms with Gasteiger partial charge >= 0.3 is 0 Å². The van der Waals surface area contributed by atoms with Gasteiger partial charge in [-0.2, -0.15) is 0 Å². The van der Waals surface area contributed by atoms with E-state index in [1.165, 1.54) is 16.8 Å². The fraction of sp³-hybridized carbons (Fsp3) is 0.455. The Kier molecular flexibility index (Phi) is 2.23. The van der Waals surface area contributed by atoms with Crippen molar-refractivity contribution in [2.45, 2.75) is 19.4 Å². The van der Waals surface area contributed by atoms with Gasteiger partial charge in [-0.1, -0.05) is 12.1 Å². The van der Waals surface area contributed by atoms with Gasteiger partial charge < -0.3 is 10.1 Å². The van der Waals surface area contributed by atoms with Crippen LogP contribution in [-0.4, -0.2) is 19.8 Å². The fourth-order valence-electron chi connectivity index (χ4n) is 1.74. The van der Waals surface area contributed by atoms with Gasteiger partial charge in [0.1, 0.15) is 0 Å². The van der Waals surface area contributed by atoms with Gasteiger partial charge in [0, 0.05) is 25.8 Å². The van der Waals surface area contributed by atoms with Gasteiger partial charge in [-0.05, 0) is 24.1 Å². The molecular weight excluding hydrogens is 162 g/mol. The van der Waals surface area contributed by atoms with E-state index in [-0.39, 0.29) is 0 Å². The van der Waals surface area contributed by atoms with Gasteiger partial charge in [0.25, 0.3) is 0 Å². The summed E-state index contributed by atoms with van der Waals surface area (Å²) in [7, 11) is 1.77. The van der Waals surface area contributed by atoms with Crippen LogP contribution in [0.1, 0.15) is 11.1 Å². The van der Waals surface area contributed by atoms with Gasteiger partial charge in [-0.3, -0.25) is 0 Å². The maximum Gasteiger partial charge on any atom is 0.0784 e. The van der Waals surface area contributed by atoms with Crippen molar-refractivity contribution in [3.8, 4) is 0 Å². The van der Waals surface area contributed by atoms with Crippen molar-refractivity contribution in [3.05, 3.63) is 29.3 Å². The fourth-order valence-corrected chi connectivity index (χ4v) is 1.74. The van der Waals surface area contributed by atoms with Crippen molar-refractivity contribution in [3.63, 3.8) is 0 Å². The van der Waals surface area contributed by atoms with Crippen LogP contribution < -0.4 is 5.32 Å². The second kappa shape index (κ2) is 3.38. The predicted molar refractivity (Wildman–Crippen MR) is 54.2 cm³/mol. The molecule has 13 heavy (non-hydrogen) atoms. The third-order valence-electron chi connectivity index (χ3n) is 2.57. The Bertz CT molecular complexity index is 309. The SMILES string of the molecule is COC1CNc2cc(C)ccc2C1. The van der Waals surface area contributed by atoms with Gasteiger partial charge in [0.2, 0.25) is 0 Å². The van der Waals surface area contributed by atoms with Gasteiger partial charge in [-0.25, -0.2) is 0 Å². The second-order valence-electron chi connectivity index (χ2n) is 3.60. The van der Waals surface area contributed by atoms with Gasteiger partial charge in [0.15, 0.2) is 0 Å². The summed E-state index contributed by atoms with van der Waals surface area (Å²) in [5.41, 5.74) is 3.94. The lowest BCUT2D eigenvalue weighted by Crippen LogP contribution is -2.29. The highest BCUT2D eigenvalue weighted by Gasteiger charge is 2.16. The van der Waals surface area contributed by atoms with E-state index in [1.807, 2.05) is 0 Å². The zero-order valence-corrected chi connectivity index (χ0v) is 8.13. The molecule has 1 atom stereocenters. The molecular formula is C11H15NO. The normalized spacial score (nSPS) is 20.6. The van der Waals surface area contributed by atoms with Crippen molar-refractivity contribution < 1.29 is 4.74 Å². The summed E-state index contributed by atoms with van der Waals surface area (Å²) in [5.74, 6) is 0. The Balaban J connectivity index is 2.26. The van der Waals surface area contributed by atoms with Crippen molar-refractivity contribution in [2.75, 3.05) is 19.0 Å². The second-order valence-corrected chi connectivity index (χ2v) is 3.60. The molecule has 0 aromatic heterocycles. The first-order valence-corrected chi connectivity index (χ1v) is 4.66. The number of nitrogens with one attached hydrogen (secondary N) is 1. The molecule has 1 aromatic carbocycles. The molecule has 0 saturated carbocycles. The van der Waals surface area contributed by atoms with Crippen LogP contribution in [0.5, 0.6) is 0 Å². The maximum absolute atomic E-state index is 5.32. The molecule has 0 fully saturated rings. The Morgan fingerprint density at radius 2 is 2.31 bits per heavy atom. The highest BCUT2D eigenvalue weighted by atomic mass is 16.5. The molecule has 1 aromatic rings. The van der Waals surface area contributed by atoms with Crippen LogP contribution >= 0.6 is 0 Å². The minimum absolute atomic E-state index is 0.329. The number of ether oxygens (including phenoxy) is 1. The summed E-state index contributed by atoms with van der Waals surface area (Å²) in [6.45, 7) is 3.04. The average molecular weight is 177 g/mol. The minimum atomic E-state index is 0.329. The number of methoxy groups -OCH3 is 1. The molecule has 0 saturated heterocycles. The first kappa shape index (κ1) is 8.57. The number of anilines is 1. The van der Waals surface area contributed by atoms with Gasteiger partial charge in [0.05, 0.1) is 6.10 Å². The van der Waals surface area contributed by atoms with Crippen LogP contribution in [-0.2, 0) is 11.2 Å². The van der Waals surface area contributed by atoms with Crippen LogP contribution in [0, 0.1) is 6.92 Å². The Morgan fingerprint density at radius 1 is 1.46 bits per heavy atom. The first-order chi connectivity index (χ1) is 6.29. The molecule has 0 amide bonds. The molecule has 1 unspecified atom stereocenters. The molecule has 0 aliphatic carbocycles. The maximum atomic E-state index is 5.32. The third kappa shape index (κ3) is 1.68. The van der Waals surface area contributed by atoms with Crippen LogP contribution in [0.2, 0.25) is 0 Å². The van der Waals surface area contributed by atoms with Crippen molar-refractivity contribution in [2.24, 2.45) is 0 Å². The van der Waals surface area contributed by atoms with E-state index in [2.05, 4.69) is 30.4 Å². The largest absolute Gasteiger partial charge is 0.382 e. The minimum Gasteiger partial charge on any atom is -0.382 e.